The van der Waals surface area contributed by atoms with Gasteiger partial charge in [-0.1, -0.05) is 42.5 Å². The average Bonchev–Trinajstić information content (AvgIpc) is 3.03. The first kappa shape index (κ1) is 39.0. The molecular weight excluding hydrogens is 661 g/mol. The van der Waals surface area contributed by atoms with E-state index < -0.39 is 79.6 Å². The van der Waals surface area contributed by atoms with Crippen molar-refractivity contribution < 1.29 is 47.6 Å². The van der Waals surface area contributed by atoms with Gasteiger partial charge in [-0.15, -0.1) is 0 Å². The number of nitrogens with one attached hydrogen (secondary N) is 3. The van der Waals surface area contributed by atoms with E-state index in [-0.39, 0.29) is 32.2 Å². The highest BCUT2D eigenvalue weighted by atomic mass is 31.2. The van der Waals surface area contributed by atoms with Gasteiger partial charge in [-0.05, 0) is 55.9 Å². The molecule has 1 aliphatic rings. The maximum atomic E-state index is 13.9. The molecule has 268 valence electrons. The molecular formula is C31H44N7O10P. The summed E-state index contributed by atoms with van der Waals surface area (Å²) in [5.74, 6) is -4.80. The molecule has 1 fully saturated rings. The van der Waals surface area contributed by atoms with E-state index in [1.807, 2.05) is 36.4 Å². The highest BCUT2D eigenvalue weighted by Gasteiger charge is 2.41. The summed E-state index contributed by atoms with van der Waals surface area (Å²) in [6, 6.07) is 6.54. The van der Waals surface area contributed by atoms with E-state index in [2.05, 4.69) is 16.0 Å². The van der Waals surface area contributed by atoms with Crippen molar-refractivity contribution in [3.05, 3.63) is 48.0 Å². The van der Waals surface area contributed by atoms with Crippen molar-refractivity contribution in [3.63, 3.8) is 0 Å². The van der Waals surface area contributed by atoms with Crippen LogP contribution in [0.3, 0.4) is 0 Å². The van der Waals surface area contributed by atoms with Crippen LogP contribution in [0.1, 0.15) is 51.5 Å². The van der Waals surface area contributed by atoms with Gasteiger partial charge in [0.1, 0.15) is 24.2 Å². The Labute approximate surface area is 282 Å². The minimum atomic E-state index is -5.10. The van der Waals surface area contributed by atoms with Crippen LogP contribution < -0.4 is 33.2 Å². The summed E-state index contributed by atoms with van der Waals surface area (Å²) in [4.78, 5) is 97.3. The first-order valence-electron chi connectivity index (χ1n) is 15.7. The van der Waals surface area contributed by atoms with Crippen LogP contribution in [0.5, 0.6) is 0 Å². The Balaban J connectivity index is 1.92. The number of rotatable bonds is 16. The number of nitrogens with zero attached hydrogens (tertiary/aromatic N) is 1. The number of phosphoric acid groups is 1. The molecule has 6 atom stereocenters. The Morgan fingerprint density at radius 2 is 1.61 bits per heavy atom. The van der Waals surface area contributed by atoms with Gasteiger partial charge in [-0.2, -0.15) is 0 Å². The molecule has 2 aromatic rings. The second-order valence-electron chi connectivity index (χ2n) is 12.0. The average molecular weight is 706 g/mol. The zero-order valence-corrected chi connectivity index (χ0v) is 28.1. The molecule has 49 heavy (non-hydrogen) atoms. The van der Waals surface area contributed by atoms with Crippen LogP contribution >= 0.6 is 7.82 Å². The molecule has 0 radical (unpaired) electrons. The van der Waals surface area contributed by atoms with E-state index in [9.17, 15) is 43.1 Å². The molecule has 1 saturated heterocycles. The highest BCUT2D eigenvalue weighted by Crippen LogP contribution is 2.38. The van der Waals surface area contributed by atoms with Crippen LogP contribution in [-0.2, 0) is 44.3 Å². The SMILES string of the molecule is C[C@H](N)C(=O)N[C@H](C(=O)N1CCCC[C@H]1C(=O)N[C@@H](Cc1ccc2ccccc2c1)C(=O)N[C@@H](CCC(N)=O)C(N)=O)[C@@H](C)OP(=O)(O)O. The van der Waals surface area contributed by atoms with Gasteiger partial charge in [0.2, 0.25) is 35.4 Å². The smallest absolute Gasteiger partial charge is 0.370 e. The quantitative estimate of drug-likeness (QED) is 0.0962. The monoisotopic (exact) mass is 705 g/mol. The largest absolute Gasteiger partial charge is 0.469 e. The highest BCUT2D eigenvalue weighted by molar-refractivity contribution is 7.46. The molecule has 0 bridgehead atoms. The fourth-order valence-electron chi connectivity index (χ4n) is 5.51. The van der Waals surface area contributed by atoms with Crippen molar-refractivity contribution in [2.24, 2.45) is 17.2 Å². The number of nitrogens with two attached hydrogens (primary N) is 3. The number of hydrogen-bond acceptors (Lipinski definition) is 9. The Morgan fingerprint density at radius 3 is 2.22 bits per heavy atom. The van der Waals surface area contributed by atoms with Crippen molar-refractivity contribution >= 4 is 54.0 Å². The number of likely N-dealkylation sites (tertiary alicyclic amines) is 1. The van der Waals surface area contributed by atoms with Crippen molar-refractivity contribution in [1.29, 1.82) is 0 Å². The first-order chi connectivity index (χ1) is 23.0. The number of fused-ring (bicyclic) bond motifs is 1. The number of primary amides is 2. The van der Waals surface area contributed by atoms with Crippen LogP contribution in [0.4, 0.5) is 0 Å². The van der Waals surface area contributed by atoms with E-state index in [0.29, 0.717) is 18.4 Å². The lowest BCUT2D eigenvalue weighted by atomic mass is 9.97. The van der Waals surface area contributed by atoms with Gasteiger partial charge < -0.3 is 47.8 Å². The summed E-state index contributed by atoms with van der Waals surface area (Å²) >= 11 is 0. The predicted octanol–water partition coefficient (Wildman–Crippen LogP) is -1.19. The Morgan fingerprint density at radius 1 is 0.939 bits per heavy atom. The third-order valence-corrected chi connectivity index (χ3v) is 8.67. The summed E-state index contributed by atoms with van der Waals surface area (Å²) in [6.45, 7) is 2.57. The molecule has 1 aliphatic heterocycles. The predicted molar refractivity (Wildman–Crippen MR) is 177 cm³/mol. The topological polar surface area (TPSA) is 287 Å². The van der Waals surface area contributed by atoms with Gasteiger partial charge in [0.25, 0.3) is 0 Å². The number of carbonyl (C=O) groups is 6. The number of hydrogen-bond donors (Lipinski definition) is 8. The summed E-state index contributed by atoms with van der Waals surface area (Å²) in [5.41, 5.74) is 17.0. The number of piperidine rings is 1. The molecule has 3 rings (SSSR count). The third kappa shape index (κ3) is 11.6. The molecule has 0 saturated carbocycles. The molecule has 17 nitrogen and oxygen atoms in total. The second-order valence-corrected chi connectivity index (χ2v) is 13.2. The minimum absolute atomic E-state index is 0.0371. The summed E-state index contributed by atoms with van der Waals surface area (Å²) in [5, 5.41) is 9.35. The molecule has 0 unspecified atom stereocenters. The molecule has 1 heterocycles. The molecule has 2 aromatic carbocycles. The lowest BCUT2D eigenvalue weighted by Gasteiger charge is -2.38. The van der Waals surface area contributed by atoms with Crippen LogP contribution in [0.2, 0.25) is 0 Å². The second kappa shape index (κ2) is 17.3. The van der Waals surface area contributed by atoms with Gasteiger partial charge in [0.15, 0.2) is 0 Å². The minimum Gasteiger partial charge on any atom is -0.370 e. The van der Waals surface area contributed by atoms with Gasteiger partial charge in [-0.25, -0.2) is 4.57 Å². The molecule has 0 aliphatic carbocycles. The summed E-state index contributed by atoms with van der Waals surface area (Å²) < 4.78 is 16.3. The number of benzene rings is 2. The van der Waals surface area contributed by atoms with E-state index in [1.54, 1.807) is 6.07 Å². The van der Waals surface area contributed by atoms with Crippen LogP contribution in [0.25, 0.3) is 10.8 Å². The van der Waals surface area contributed by atoms with Crippen LogP contribution in [-0.4, -0.2) is 93.0 Å². The standard InChI is InChI=1S/C31H44N7O10P/c1-17(32)28(41)37-26(18(2)48-49(45,46)47)31(44)38-14-6-5-9-24(38)30(43)36-23(29(42)35-22(27(34)40)12-13-25(33)39)16-19-10-11-20-7-3-4-8-21(20)15-19/h3-4,7-8,10-11,15,17-18,22-24,26H,5-6,9,12-14,16,32H2,1-2H3,(H2,33,39)(H2,34,40)(H,35,42)(H,36,43)(H,37,41)(H2,45,46,47)/t17-,18+,22-,23-,24-,26-/m0/s1. The fourth-order valence-corrected chi connectivity index (χ4v) is 6.07. The molecule has 0 spiro atoms. The Kier molecular flexibility index (Phi) is 13.8. The van der Waals surface area contributed by atoms with Crippen molar-refractivity contribution in [1.82, 2.24) is 20.9 Å². The third-order valence-electron chi connectivity index (χ3n) is 8.06. The fraction of sp³-hybridized carbons (Fsp3) is 0.484. The molecule has 11 N–H and O–H groups in total. The lowest BCUT2D eigenvalue weighted by Crippen LogP contribution is -2.62. The maximum Gasteiger partial charge on any atom is 0.469 e. The van der Waals surface area contributed by atoms with E-state index in [4.69, 9.17) is 21.7 Å². The molecule has 18 heteroatoms. The van der Waals surface area contributed by atoms with Crippen molar-refractivity contribution in [2.75, 3.05) is 6.54 Å². The number of carbonyl (C=O) groups excluding carboxylic acids is 6. The summed E-state index contributed by atoms with van der Waals surface area (Å²) in [6.07, 6.45) is -0.819. The van der Waals surface area contributed by atoms with Crippen molar-refractivity contribution in [2.45, 2.75) is 88.7 Å². The van der Waals surface area contributed by atoms with Crippen LogP contribution in [0.15, 0.2) is 42.5 Å². The maximum absolute atomic E-state index is 13.9. The zero-order chi connectivity index (χ0) is 36.5. The lowest BCUT2D eigenvalue weighted by molar-refractivity contribution is -0.147. The van der Waals surface area contributed by atoms with Gasteiger partial charge in [0, 0.05) is 19.4 Å². The molecule has 6 amide bonds. The van der Waals surface area contributed by atoms with Gasteiger partial charge in [0.05, 0.1) is 12.1 Å². The normalized spacial score (nSPS) is 18.0. The van der Waals surface area contributed by atoms with E-state index in [0.717, 1.165) is 15.7 Å². The Hall–Kier alpha value is -4.41. The van der Waals surface area contributed by atoms with Gasteiger partial charge >= 0.3 is 7.82 Å². The number of amides is 6. The Bertz CT molecular complexity index is 1600. The van der Waals surface area contributed by atoms with E-state index in [1.165, 1.54) is 13.8 Å². The van der Waals surface area contributed by atoms with Crippen molar-refractivity contribution in [3.8, 4) is 0 Å². The first-order valence-corrected chi connectivity index (χ1v) is 17.3. The summed E-state index contributed by atoms with van der Waals surface area (Å²) in [7, 11) is -5.10. The van der Waals surface area contributed by atoms with E-state index >= 15 is 0 Å². The van der Waals surface area contributed by atoms with Crippen LogP contribution in [0, 0.1) is 0 Å². The molecule has 0 aromatic heterocycles. The van der Waals surface area contributed by atoms with Gasteiger partial charge in [-0.3, -0.25) is 33.3 Å². The number of phosphoric ester groups is 1. The zero-order valence-electron chi connectivity index (χ0n) is 27.2.